The molecule has 1 aromatic carbocycles. The topological polar surface area (TPSA) is 66.0 Å². The minimum Gasteiger partial charge on any atom is -0.368 e. The summed E-state index contributed by atoms with van der Waals surface area (Å²) in [6.45, 7) is 3.87. The quantitative estimate of drug-likeness (QED) is 0.510. The fraction of sp³-hybridized carbons (Fsp3) is 0.615. The number of halogens is 1. The van der Waals surface area contributed by atoms with E-state index < -0.39 is 0 Å². The number of aromatic nitrogens is 1. The Hall–Kier alpha value is -1.85. The molecule has 172 valence electrons. The van der Waals surface area contributed by atoms with Gasteiger partial charge in [-0.25, -0.2) is 4.98 Å². The Morgan fingerprint density at radius 2 is 1.81 bits per heavy atom. The number of carbonyl (C=O) groups is 1. The highest BCUT2D eigenvalue weighted by Gasteiger charge is 2.50. The third-order valence-electron chi connectivity index (χ3n) is 8.06. The maximum Gasteiger partial charge on any atom is 0.253 e. The van der Waals surface area contributed by atoms with E-state index >= 15 is 0 Å². The molecule has 1 amide bonds. The van der Waals surface area contributed by atoms with E-state index in [9.17, 15) is 4.79 Å². The smallest absolute Gasteiger partial charge is 0.253 e. The van der Waals surface area contributed by atoms with Crippen LogP contribution in [0.15, 0.2) is 24.3 Å². The first kappa shape index (κ1) is 22.0. The molecule has 0 aliphatic heterocycles. The molecule has 32 heavy (non-hydrogen) atoms. The van der Waals surface area contributed by atoms with Crippen molar-refractivity contribution in [3.63, 3.8) is 0 Å². The van der Waals surface area contributed by atoms with Gasteiger partial charge in [0.05, 0.1) is 16.1 Å². The number of hydrogen-bond donors (Lipinski definition) is 3. The molecule has 4 fully saturated rings. The number of fused-ring (bicyclic) bond motifs is 1. The zero-order chi connectivity index (χ0) is 22.3. The predicted octanol–water partition coefficient (Wildman–Crippen LogP) is 5.24. The minimum atomic E-state index is -0.0683. The van der Waals surface area contributed by atoms with E-state index in [2.05, 4.69) is 22.9 Å². The van der Waals surface area contributed by atoms with Crippen LogP contribution in [0.4, 0.5) is 5.82 Å². The van der Waals surface area contributed by atoms with Crippen LogP contribution in [0.1, 0.15) is 62.2 Å². The number of rotatable bonds is 8. The zero-order valence-electron chi connectivity index (χ0n) is 19.2. The Balaban J connectivity index is 1.32. The van der Waals surface area contributed by atoms with Crippen molar-refractivity contribution in [3.05, 3.63) is 34.9 Å². The van der Waals surface area contributed by atoms with Crippen LogP contribution in [0, 0.1) is 23.2 Å². The number of carbonyl (C=O) groups excluding carboxylic acids is 1. The Labute approximate surface area is 196 Å². The summed E-state index contributed by atoms with van der Waals surface area (Å²) in [4.78, 5) is 18.1. The molecule has 6 heteroatoms. The molecular weight excluding hydrogens is 420 g/mol. The van der Waals surface area contributed by atoms with Gasteiger partial charge in [-0.3, -0.25) is 4.79 Å². The highest BCUT2D eigenvalue weighted by molar-refractivity contribution is 6.35. The molecule has 4 bridgehead atoms. The maximum absolute atomic E-state index is 13.3. The van der Waals surface area contributed by atoms with E-state index in [4.69, 9.17) is 16.6 Å². The van der Waals surface area contributed by atoms with Gasteiger partial charge in [-0.05, 0) is 113 Å². The second-order valence-electron chi connectivity index (χ2n) is 10.7. The standard InChI is InChI=1S/C26H35ClN4O/c1-16(7-8-28-2)30-23-6-3-20-22(31-23)5-4-21(27)24(20)25(32)29-15-26-12-17-9-18(13-26)11-19(10-17)14-26/h3-6,16-19,28H,7-15H2,1-2H3,(H,29,32)(H,30,31). The second kappa shape index (κ2) is 8.83. The van der Waals surface area contributed by atoms with Crippen molar-refractivity contribution in [1.29, 1.82) is 0 Å². The summed E-state index contributed by atoms with van der Waals surface area (Å²) in [6.07, 6.45) is 9.10. The van der Waals surface area contributed by atoms with E-state index in [-0.39, 0.29) is 5.91 Å². The third kappa shape index (κ3) is 4.34. The molecule has 2 aromatic rings. The molecule has 1 heterocycles. The van der Waals surface area contributed by atoms with Crippen LogP contribution in [0.3, 0.4) is 0 Å². The van der Waals surface area contributed by atoms with Crippen LogP contribution in [0.25, 0.3) is 10.9 Å². The number of anilines is 1. The number of pyridine rings is 1. The van der Waals surface area contributed by atoms with Crippen molar-refractivity contribution in [2.45, 2.75) is 57.9 Å². The van der Waals surface area contributed by atoms with Crippen molar-refractivity contribution in [1.82, 2.24) is 15.6 Å². The van der Waals surface area contributed by atoms with E-state index in [1.807, 2.05) is 25.2 Å². The van der Waals surface area contributed by atoms with Gasteiger partial charge in [0.1, 0.15) is 5.82 Å². The van der Waals surface area contributed by atoms with Gasteiger partial charge in [0.2, 0.25) is 0 Å². The lowest BCUT2D eigenvalue weighted by Crippen LogP contribution is -2.51. The molecule has 0 saturated heterocycles. The lowest BCUT2D eigenvalue weighted by molar-refractivity contribution is -0.0503. The SMILES string of the molecule is CNCCC(C)Nc1ccc2c(C(=O)NCC34CC5CC(CC(C5)C3)C4)c(Cl)ccc2n1. The summed E-state index contributed by atoms with van der Waals surface area (Å²) in [7, 11) is 1.96. The molecule has 3 N–H and O–H groups in total. The first-order valence-corrected chi connectivity index (χ1v) is 12.6. The molecule has 1 atom stereocenters. The van der Waals surface area contributed by atoms with Gasteiger partial charge in [0.25, 0.3) is 5.91 Å². The molecule has 1 aromatic heterocycles. The van der Waals surface area contributed by atoms with Crippen molar-refractivity contribution < 1.29 is 4.79 Å². The molecule has 0 spiro atoms. The molecule has 1 unspecified atom stereocenters. The highest BCUT2D eigenvalue weighted by Crippen LogP contribution is 2.59. The Morgan fingerprint density at radius 3 is 2.47 bits per heavy atom. The van der Waals surface area contributed by atoms with Crippen LogP contribution in [0.5, 0.6) is 0 Å². The average molecular weight is 455 g/mol. The largest absolute Gasteiger partial charge is 0.368 e. The fourth-order valence-electron chi connectivity index (χ4n) is 7.04. The van der Waals surface area contributed by atoms with Gasteiger partial charge in [0.15, 0.2) is 0 Å². The zero-order valence-corrected chi connectivity index (χ0v) is 20.0. The summed E-state index contributed by atoms with van der Waals surface area (Å²) < 4.78 is 0. The van der Waals surface area contributed by atoms with Gasteiger partial charge < -0.3 is 16.0 Å². The minimum absolute atomic E-state index is 0.0683. The third-order valence-corrected chi connectivity index (χ3v) is 8.37. The molecular formula is C26H35ClN4O. The number of amides is 1. The van der Waals surface area contributed by atoms with Crippen molar-refractivity contribution >= 4 is 34.2 Å². The predicted molar refractivity (Wildman–Crippen MR) is 131 cm³/mol. The van der Waals surface area contributed by atoms with E-state index in [1.165, 1.54) is 38.5 Å². The van der Waals surface area contributed by atoms with Crippen LogP contribution in [-0.4, -0.2) is 37.1 Å². The van der Waals surface area contributed by atoms with Gasteiger partial charge in [-0.2, -0.15) is 0 Å². The second-order valence-corrected chi connectivity index (χ2v) is 11.1. The molecule has 5 nitrogen and oxygen atoms in total. The lowest BCUT2D eigenvalue weighted by Gasteiger charge is -2.56. The van der Waals surface area contributed by atoms with E-state index in [0.717, 1.165) is 54.0 Å². The molecule has 4 aliphatic carbocycles. The van der Waals surface area contributed by atoms with Crippen LogP contribution < -0.4 is 16.0 Å². The molecule has 4 aliphatic rings. The number of nitrogens with one attached hydrogen (secondary N) is 3. The number of benzene rings is 1. The van der Waals surface area contributed by atoms with Gasteiger partial charge in [-0.1, -0.05) is 11.6 Å². The Kier molecular flexibility index (Phi) is 6.06. The fourth-order valence-corrected chi connectivity index (χ4v) is 7.29. The first-order chi connectivity index (χ1) is 15.4. The maximum atomic E-state index is 13.3. The molecule has 6 rings (SSSR count). The number of hydrogen-bond acceptors (Lipinski definition) is 4. The van der Waals surface area contributed by atoms with Gasteiger partial charge in [0, 0.05) is 18.0 Å². The van der Waals surface area contributed by atoms with Crippen molar-refractivity contribution in [2.24, 2.45) is 23.2 Å². The molecule has 0 radical (unpaired) electrons. The molecule has 4 saturated carbocycles. The highest BCUT2D eigenvalue weighted by atomic mass is 35.5. The van der Waals surface area contributed by atoms with Crippen LogP contribution in [0.2, 0.25) is 5.02 Å². The Morgan fingerprint density at radius 1 is 1.12 bits per heavy atom. The Bertz CT molecular complexity index is 971. The van der Waals surface area contributed by atoms with Crippen LogP contribution >= 0.6 is 11.6 Å². The van der Waals surface area contributed by atoms with Crippen molar-refractivity contribution in [2.75, 3.05) is 25.5 Å². The van der Waals surface area contributed by atoms with E-state index in [0.29, 0.717) is 22.0 Å². The summed E-state index contributed by atoms with van der Waals surface area (Å²) in [6, 6.07) is 7.93. The normalized spacial score (nSPS) is 29.3. The van der Waals surface area contributed by atoms with Crippen molar-refractivity contribution in [3.8, 4) is 0 Å². The van der Waals surface area contributed by atoms with Crippen LogP contribution in [-0.2, 0) is 0 Å². The summed E-state index contributed by atoms with van der Waals surface area (Å²) in [5.74, 6) is 3.39. The van der Waals surface area contributed by atoms with Gasteiger partial charge in [-0.15, -0.1) is 0 Å². The average Bonchev–Trinajstić information content (AvgIpc) is 2.75. The number of nitrogens with zero attached hydrogens (tertiary/aromatic N) is 1. The van der Waals surface area contributed by atoms with E-state index in [1.54, 1.807) is 6.07 Å². The van der Waals surface area contributed by atoms with Gasteiger partial charge >= 0.3 is 0 Å². The lowest BCUT2D eigenvalue weighted by atomic mass is 9.49. The monoisotopic (exact) mass is 454 g/mol. The summed E-state index contributed by atoms with van der Waals surface area (Å²) >= 11 is 6.52. The summed E-state index contributed by atoms with van der Waals surface area (Å²) in [5, 5.41) is 11.2. The summed E-state index contributed by atoms with van der Waals surface area (Å²) in [5.41, 5.74) is 1.65. The first-order valence-electron chi connectivity index (χ1n) is 12.2.